The van der Waals surface area contributed by atoms with Crippen LogP contribution in [0.3, 0.4) is 0 Å². The summed E-state index contributed by atoms with van der Waals surface area (Å²) in [5.41, 5.74) is 0.107. The molecule has 0 aromatic rings. The van der Waals surface area contributed by atoms with Crippen molar-refractivity contribution in [2.45, 2.75) is 31.2 Å². The summed E-state index contributed by atoms with van der Waals surface area (Å²) in [7, 11) is 0. The van der Waals surface area contributed by atoms with Crippen LogP contribution in [0.15, 0.2) is 9.93 Å². The Bertz CT molecular complexity index is 517. The minimum atomic E-state index is -1.06. The lowest BCUT2D eigenvalue weighted by molar-refractivity contribution is -0.156. The lowest BCUT2D eigenvalue weighted by Crippen LogP contribution is -2.60. The van der Waals surface area contributed by atoms with Crippen LogP contribution in [0.2, 0.25) is 0 Å². The number of piperidine rings is 1. The van der Waals surface area contributed by atoms with Crippen molar-refractivity contribution in [1.29, 1.82) is 0 Å². The van der Waals surface area contributed by atoms with Gasteiger partial charge in [-0.2, -0.15) is 0 Å². The van der Waals surface area contributed by atoms with Crippen molar-refractivity contribution >= 4 is 35.4 Å². The molecule has 3 rings (SSSR count). The molecule has 0 aliphatic carbocycles. The summed E-state index contributed by atoms with van der Waals surface area (Å²) in [6, 6.07) is 0. The molecule has 1 amide bonds. The van der Waals surface area contributed by atoms with Crippen LogP contribution in [0.25, 0.3) is 0 Å². The van der Waals surface area contributed by atoms with E-state index in [-0.39, 0.29) is 17.0 Å². The molecule has 0 aromatic heterocycles. The van der Waals surface area contributed by atoms with E-state index in [1.165, 1.54) is 16.7 Å². The molecule has 3 N–H and O–H groups in total. The zero-order valence-corrected chi connectivity index (χ0v) is 14.0. The van der Waals surface area contributed by atoms with Gasteiger partial charge in [0.05, 0.1) is 16.3 Å². The van der Waals surface area contributed by atoms with Gasteiger partial charge in [0, 0.05) is 5.75 Å². The molecule has 6 nitrogen and oxygen atoms in total. The molecule has 122 valence electrons. The topological polar surface area (TPSA) is 89.9 Å². The van der Waals surface area contributed by atoms with Crippen LogP contribution < -0.4 is 5.32 Å². The Morgan fingerprint density at radius 2 is 2.18 bits per heavy atom. The fraction of sp³-hybridized carbons (Fsp3) is 0.714. The minimum Gasteiger partial charge on any atom is -0.477 e. The molecule has 22 heavy (non-hydrogen) atoms. The van der Waals surface area contributed by atoms with Gasteiger partial charge in [-0.15, -0.1) is 11.8 Å². The molecule has 3 aliphatic heterocycles. The Labute approximate surface area is 137 Å². The highest BCUT2D eigenvalue weighted by molar-refractivity contribution is 8.22. The van der Waals surface area contributed by atoms with Crippen LogP contribution >= 0.6 is 23.5 Å². The predicted octanol–water partition coefficient (Wildman–Crippen LogP) is 0.885. The van der Waals surface area contributed by atoms with E-state index in [4.69, 9.17) is 0 Å². The number of hydrogen-bond donors (Lipinski definition) is 3. The first kappa shape index (κ1) is 16.2. The number of carbonyl (C=O) groups is 2. The molecule has 0 spiro atoms. The number of β-lactam (4-membered cyclic amide) rings is 1. The highest BCUT2D eigenvalue weighted by atomic mass is 32.2. The van der Waals surface area contributed by atoms with E-state index in [1.54, 1.807) is 18.7 Å². The number of carbonyl (C=O) groups excluding carboxylic acids is 1. The normalized spacial score (nSPS) is 30.3. The Balaban J connectivity index is 1.69. The van der Waals surface area contributed by atoms with E-state index in [9.17, 15) is 19.8 Å². The molecular weight excluding hydrogens is 324 g/mol. The molecule has 0 aromatic carbocycles. The SMILES string of the molecule is CC(O)C1C(=O)N2C(C(=O)O)=C(SCC3CCNCC3)S[C@H]12. The largest absolute Gasteiger partial charge is 0.477 e. The number of carboxylic acid groups (broad SMARTS) is 1. The van der Waals surface area contributed by atoms with E-state index in [0.717, 1.165) is 31.7 Å². The third-order valence-electron chi connectivity index (χ3n) is 4.38. The van der Waals surface area contributed by atoms with Gasteiger partial charge in [0.2, 0.25) is 5.91 Å². The second-order valence-corrected chi connectivity index (χ2v) is 8.34. The smallest absolute Gasteiger partial charge is 0.354 e. The summed E-state index contributed by atoms with van der Waals surface area (Å²) in [5.74, 6) is -0.348. The number of aliphatic carboxylic acids is 1. The van der Waals surface area contributed by atoms with Crippen LogP contribution in [0, 0.1) is 11.8 Å². The van der Waals surface area contributed by atoms with Crippen molar-refractivity contribution in [3.8, 4) is 0 Å². The number of aliphatic hydroxyl groups excluding tert-OH is 1. The minimum absolute atomic E-state index is 0.107. The van der Waals surface area contributed by atoms with E-state index < -0.39 is 18.0 Å². The van der Waals surface area contributed by atoms with Crippen LogP contribution in [-0.2, 0) is 9.59 Å². The van der Waals surface area contributed by atoms with Crippen molar-refractivity contribution < 1.29 is 19.8 Å². The van der Waals surface area contributed by atoms with Crippen molar-refractivity contribution in [3.05, 3.63) is 9.93 Å². The van der Waals surface area contributed by atoms with Crippen molar-refractivity contribution in [3.63, 3.8) is 0 Å². The highest BCUT2D eigenvalue weighted by Gasteiger charge is 2.57. The third-order valence-corrected chi connectivity index (χ3v) is 7.27. The fourth-order valence-corrected chi connectivity index (χ4v) is 6.23. The molecule has 3 aliphatic rings. The molecule has 3 atom stereocenters. The van der Waals surface area contributed by atoms with Crippen molar-refractivity contribution in [1.82, 2.24) is 10.2 Å². The van der Waals surface area contributed by atoms with E-state index in [2.05, 4.69) is 5.32 Å². The Morgan fingerprint density at radius 3 is 2.77 bits per heavy atom. The van der Waals surface area contributed by atoms with Gasteiger partial charge in [0.25, 0.3) is 0 Å². The number of carboxylic acids is 1. The number of aliphatic hydroxyl groups is 1. The van der Waals surface area contributed by atoms with Gasteiger partial charge in [-0.1, -0.05) is 11.8 Å². The summed E-state index contributed by atoms with van der Waals surface area (Å²) in [6.45, 7) is 3.61. The first-order chi connectivity index (χ1) is 10.5. The molecular formula is C14H20N2O4S2. The number of fused-ring (bicyclic) bond motifs is 1. The van der Waals surface area contributed by atoms with Gasteiger partial charge in [0.1, 0.15) is 5.37 Å². The monoisotopic (exact) mass is 344 g/mol. The second kappa shape index (κ2) is 6.43. The van der Waals surface area contributed by atoms with E-state index in [1.807, 2.05) is 0 Å². The number of amides is 1. The van der Waals surface area contributed by atoms with Gasteiger partial charge < -0.3 is 15.5 Å². The quantitative estimate of drug-likeness (QED) is 0.638. The van der Waals surface area contributed by atoms with Gasteiger partial charge >= 0.3 is 5.97 Å². The molecule has 0 saturated carbocycles. The zero-order valence-electron chi connectivity index (χ0n) is 12.3. The maximum absolute atomic E-state index is 12.1. The number of rotatable bonds is 5. The summed E-state index contributed by atoms with van der Waals surface area (Å²) in [6.07, 6.45) is 1.47. The molecule has 0 bridgehead atoms. The Morgan fingerprint density at radius 1 is 1.50 bits per heavy atom. The van der Waals surface area contributed by atoms with Crippen LogP contribution in [-0.4, -0.2) is 57.3 Å². The fourth-order valence-electron chi connectivity index (χ4n) is 3.09. The average Bonchev–Trinajstić information content (AvgIpc) is 2.80. The maximum atomic E-state index is 12.1. The summed E-state index contributed by atoms with van der Waals surface area (Å²) in [4.78, 5) is 25.0. The predicted molar refractivity (Wildman–Crippen MR) is 86.1 cm³/mol. The summed E-state index contributed by atoms with van der Waals surface area (Å²) < 4.78 is 0.715. The average molecular weight is 344 g/mol. The lowest BCUT2D eigenvalue weighted by atomic mass is 9.92. The highest BCUT2D eigenvalue weighted by Crippen LogP contribution is 2.54. The van der Waals surface area contributed by atoms with Gasteiger partial charge in [0.15, 0.2) is 5.70 Å². The zero-order chi connectivity index (χ0) is 15.9. The molecule has 3 heterocycles. The number of hydrogen-bond acceptors (Lipinski definition) is 6. The van der Waals surface area contributed by atoms with Gasteiger partial charge in [-0.25, -0.2) is 4.79 Å². The molecule has 2 fully saturated rings. The number of nitrogens with zero attached hydrogens (tertiary/aromatic N) is 1. The molecule has 8 heteroatoms. The maximum Gasteiger partial charge on any atom is 0.354 e. The first-order valence-corrected chi connectivity index (χ1v) is 9.36. The third kappa shape index (κ3) is 2.77. The van der Waals surface area contributed by atoms with E-state index in [0.29, 0.717) is 10.2 Å². The van der Waals surface area contributed by atoms with Gasteiger partial charge in [-0.05, 0) is 38.8 Å². The summed E-state index contributed by atoms with van der Waals surface area (Å²) in [5, 5.41) is 22.2. The number of nitrogens with one attached hydrogen (secondary N) is 1. The Hall–Kier alpha value is -0.700. The standard InChI is InChI=1S/C14H20N2O4S2/c1-7(17)9-11(18)16-10(13(19)20)14(22-12(9)16)21-6-8-2-4-15-5-3-8/h7-9,12,15,17H,2-6H2,1H3,(H,19,20)/t7?,9?,12-/m1/s1. The first-order valence-electron chi connectivity index (χ1n) is 7.49. The molecule has 2 unspecified atom stereocenters. The van der Waals surface area contributed by atoms with Crippen LogP contribution in [0.1, 0.15) is 19.8 Å². The van der Waals surface area contributed by atoms with E-state index >= 15 is 0 Å². The lowest BCUT2D eigenvalue weighted by Gasteiger charge is -2.43. The summed E-state index contributed by atoms with van der Waals surface area (Å²) >= 11 is 2.97. The van der Waals surface area contributed by atoms with Crippen molar-refractivity contribution in [2.75, 3.05) is 18.8 Å². The molecule has 0 radical (unpaired) electrons. The van der Waals surface area contributed by atoms with Crippen LogP contribution in [0.5, 0.6) is 0 Å². The second-order valence-electron chi connectivity index (χ2n) is 5.93. The number of thioether (sulfide) groups is 2. The van der Waals surface area contributed by atoms with Crippen molar-refractivity contribution in [2.24, 2.45) is 11.8 Å². The Kier molecular flexibility index (Phi) is 4.72. The van der Waals surface area contributed by atoms with Gasteiger partial charge in [-0.3, -0.25) is 9.69 Å². The van der Waals surface area contributed by atoms with Crippen LogP contribution in [0.4, 0.5) is 0 Å². The molecule has 2 saturated heterocycles.